The molecule has 0 radical (unpaired) electrons. The van der Waals surface area contributed by atoms with Crippen molar-refractivity contribution in [3.05, 3.63) is 58.4 Å². The van der Waals surface area contributed by atoms with Crippen molar-refractivity contribution < 1.29 is 9.53 Å². The van der Waals surface area contributed by atoms with Gasteiger partial charge in [-0.3, -0.25) is 9.59 Å². The van der Waals surface area contributed by atoms with Gasteiger partial charge in [-0.15, -0.1) is 6.58 Å². The SMILES string of the molecule is C=CCSc1nc(=O)c2c(n1C)NC(=O)CC2c1ccccc1OCCCC. The summed E-state index contributed by atoms with van der Waals surface area (Å²) in [5, 5.41) is 3.41. The van der Waals surface area contributed by atoms with Crippen molar-refractivity contribution in [2.45, 2.75) is 37.3 Å². The first-order valence-corrected chi connectivity index (χ1v) is 10.4. The fourth-order valence-electron chi connectivity index (χ4n) is 3.29. The molecule has 7 heteroatoms. The number of ether oxygens (including phenoxy) is 1. The van der Waals surface area contributed by atoms with Crippen LogP contribution in [0.1, 0.15) is 43.2 Å². The normalized spacial score (nSPS) is 15.6. The topological polar surface area (TPSA) is 73.2 Å². The number of fused-ring (bicyclic) bond motifs is 1. The lowest BCUT2D eigenvalue weighted by atomic mass is 9.86. The minimum atomic E-state index is -0.383. The van der Waals surface area contributed by atoms with Gasteiger partial charge in [0.1, 0.15) is 11.6 Å². The largest absolute Gasteiger partial charge is 0.493 e. The van der Waals surface area contributed by atoms with E-state index in [2.05, 4.69) is 23.8 Å². The van der Waals surface area contributed by atoms with Gasteiger partial charge in [0.25, 0.3) is 5.56 Å². The molecule has 3 rings (SSSR count). The smallest absolute Gasteiger partial charge is 0.279 e. The van der Waals surface area contributed by atoms with Gasteiger partial charge in [0.2, 0.25) is 5.91 Å². The van der Waals surface area contributed by atoms with Crippen LogP contribution >= 0.6 is 11.8 Å². The number of hydrogen-bond donors (Lipinski definition) is 1. The second-order valence-electron chi connectivity index (χ2n) is 6.67. The number of benzene rings is 1. The van der Waals surface area contributed by atoms with Gasteiger partial charge >= 0.3 is 0 Å². The van der Waals surface area contributed by atoms with Gasteiger partial charge in [0.15, 0.2) is 5.16 Å². The van der Waals surface area contributed by atoms with Crippen molar-refractivity contribution >= 4 is 23.5 Å². The molecule has 1 unspecified atom stereocenters. The minimum absolute atomic E-state index is 0.123. The number of para-hydroxylation sites is 1. The molecule has 1 aromatic heterocycles. The summed E-state index contributed by atoms with van der Waals surface area (Å²) in [6, 6.07) is 7.62. The highest BCUT2D eigenvalue weighted by atomic mass is 32.2. The molecule has 1 atom stereocenters. The third-order valence-corrected chi connectivity index (χ3v) is 5.71. The molecule has 1 aliphatic heterocycles. The number of carbonyl (C=O) groups excluding carboxylic acids is 1. The van der Waals surface area contributed by atoms with Crippen LogP contribution in [-0.2, 0) is 11.8 Å². The lowest BCUT2D eigenvalue weighted by Crippen LogP contribution is -2.33. The first-order valence-electron chi connectivity index (χ1n) is 9.43. The fraction of sp³-hybridized carbons (Fsp3) is 0.381. The van der Waals surface area contributed by atoms with Crippen LogP contribution in [0.3, 0.4) is 0 Å². The lowest BCUT2D eigenvalue weighted by molar-refractivity contribution is -0.116. The van der Waals surface area contributed by atoms with E-state index in [9.17, 15) is 9.59 Å². The average Bonchev–Trinajstić information content (AvgIpc) is 2.69. The van der Waals surface area contributed by atoms with Gasteiger partial charge in [-0.05, 0) is 12.5 Å². The highest BCUT2D eigenvalue weighted by Gasteiger charge is 2.33. The lowest BCUT2D eigenvalue weighted by Gasteiger charge is -2.28. The Morgan fingerprint density at radius 3 is 2.93 bits per heavy atom. The highest BCUT2D eigenvalue weighted by molar-refractivity contribution is 7.99. The molecular weight excluding hydrogens is 374 g/mol. The average molecular weight is 400 g/mol. The molecule has 1 aromatic carbocycles. The zero-order chi connectivity index (χ0) is 20.1. The Kier molecular flexibility index (Phi) is 6.57. The first kappa shape index (κ1) is 20.2. The zero-order valence-corrected chi connectivity index (χ0v) is 17.1. The maximum Gasteiger partial charge on any atom is 0.279 e. The van der Waals surface area contributed by atoms with Crippen molar-refractivity contribution in [1.29, 1.82) is 0 Å². The van der Waals surface area contributed by atoms with Crippen LogP contribution in [0.5, 0.6) is 5.75 Å². The summed E-state index contributed by atoms with van der Waals surface area (Å²) < 4.78 is 7.73. The summed E-state index contributed by atoms with van der Waals surface area (Å²) in [4.78, 5) is 29.6. The summed E-state index contributed by atoms with van der Waals surface area (Å²) in [6.07, 6.45) is 3.93. The van der Waals surface area contributed by atoms with Crippen LogP contribution in [0.15, 0.2) is 46.9 Å². The van der Waals surface area contributed by atoms with E-state index in [-0.39, 0.29) is 23.8 Å². The van der Waals surface area contributed by atoms with E-state index >= 15 is 0 Å². The van der Waals surface area contributed by atoms with E-state index in [4.69, 9.17) is 4.74 Å². The van der Waals surface area contributed by atoms with Crippen LogP contribution in [0, 0.1) is 0 Å². The molecule has 2 heterocycles. The Morgan fingerprint density at radius 2 is 2.18 bits per heavy atom. The molecule has 28 heavy (non-hydrogen) atoms. The van der Waals surface area contributed by atoms with Crippen LogP contribution < -0.4 is 15.6 Å². The Hall–Kier alpha value is -2.54. The third kappa shape index (κ3) is 4.14. The zero-order valence-electron chi connectivity index (χ0n) is 16.2. The molecule has 0 bridgehead atoms. The van der Waals surface area contributed by atoms with Crippen LogP contribution in [-0.4, -0.2) is 27.8 Å². The van der Waals surface area contributed by atoms with Crippen molar-refractivity contribution in [2.75, 3.05) is 17.7 Å². The molecular formula is C21H25N3O3S. The monoisotopic (exact) mass is 399 g/mol. The number of unbranched alkanes of at least 4 members (excludes halogenated alkanes) is 1. The third-order valence-electron chi connectivity index (χ3n) is 4.68. The molecule has 0 aliphatic carbocycles. The quantitative estimate of drug-likeness (QED) is 0.317. The molecule has 1 amide bonds. The van der Waals surface area contributed by atoms with Gasteiger partial charge in [-0.25, -0.2) is 0 Å². The summed E-state index contributed by atoms with van der Waals surface area (Å²) in [5.41, 5.74) is 1.05. The molecule has 6 nitrogen and oxygen atoms in total. The summed E-state index contributed by atoms with van der Waals surface area (Å²) in [6.45, 7) is 6.41. The Morgan fingerprint density at radius 1 is 1.39 bits per heavy atom. The molecule has 0 fully saturated rings. The standard InChI is InChI=1S/C21H25N3O3S/c1-4-6-11-27-16-10-8-7-9-14(16)15-13-17(25)22-19-18(15)20(26)23-21(24(19)3)28-12-5-2/h5,7-10,15H,2,4,6,11-13H2,1,3H3,(H,22,25). The predicted molar refractivity (Wildman–Crippen MR) is 112 cm³/mol. The predicted octanol–water partition coefficient (Wildman–Crippen LogP) is 3.71. The van der Waals surface area contributed by atoms with Crippen LogP contribution in [0.25, 0.3) is 0 Å². The first-order chi connectivity index (χ1) is 13.6. The van der Waals surface area contributed by atoms with Crippen LogP contribution in [0.4, 0.5) is 5.82 Å². The molecule has 0 saturated heterocycles. The van der Waals surface area contributed by atoms with E-state index < -0.39 is 0 Å². The highest BCUT2D eigenvalue weighted by Crippen LogP contribution is 2.39. The van der Waals surface area contributed by atoms with E-state index in [0.29, 0.717) is 34.6 Å². The number of aromatic nitrogens is 2. The number of rotatable bonds is 8. The van der Waals surface area contributed by atoms with Gasteiger partial charge in [0, 0.05) is 30.7 Å². The molecule has 2 aromatic rings. The van der Waals surface area contributed by atoms with E-state index in [1.807, 2.05) is 31.3 Å². The Labute approximate surface area is 169 Å². The maximum absolute atomic E-state index is 12.9. The minimum Gasteiger partial charge on any atom is -0.493 e. The molecule has 0 saturated carbocycles. The number of anilines is 1. The summed E-state index contributed by atoms with van der Waals surface area (Å²) in [7, 11) is 1.81. The number of amides is 1. The van der Waals surface area contributed by atoms with Crippen molar-refractivity contribution in [3.63, 3.8) is 0 Å². The molecule has 1 aliphatic rings. The number of hydrogen-bond acceptors (Lipinski definition) is 5. The summed E-state index contributed by atoms with van der Waals surface area (Å²) in [5.74, 6) is 1.35. The van der Waals surface area contributed by atoms with E-state index in [0.717, 1.165) is 18.4 Å². The van der Waals surface area contributed by atoms with Gasteiger partial charge in [0.05, 0.1) is 12.2 Å². The van der Waals surface area contributed by atoms with Gasteiger partial charge in [-0.2, -0.15) is 4.98 Å². The van der Waals surface area contributed by atoms with E-state index in [1.54, 1.807) is 10.6 Å². The molecule has 148 valence electrons. The molecule has 1 N–H and O–H groups in total. The Bertz CT molecular complexity index is 939. The van der Waals surface area contributed by atoms with Gasteiger partial charge in [-0.1, -0.05) is 49.4 Å². The number of thioether (sulfide) groups is 1. The number of nitrogens with one attached hydrogen (secondary N) is 1. The maximum atomic E-state index is 12.9. The summed E-state index contributed by atoms with van der Waals surface area (Å²) >= 11 is 1.41. The van der Waals surface area contributed by atoms with E-state index in [1.165, 1.54) is 11.8 Å². The fourth-order valence-corrected chi connectivity index (χ4v) is 3.99. The van der Waals surface area contributed by atoms with Crippen molar-refractivity contribution in [1.82, 2.24) is 9.55 Å². The van der Waals surface area contributed by atoms with Crippen LogP contribution in [0.2, 0.25) is 0 Å². The number of nitrogens with zero attached hydrogens (tertiary/aromatic N) is 2. The Balaban J connectivity index is 2.07. The van der Waals surface area contributed by atoms with Crippen molar-refractivity contribution in [3.8, 4) is 5.75 Å². The number of carbonyl (C=O) groups is 1. The molecule has 0 spiro atoms. The second-order valence-corrected chi connectivity index (χ2v) is 7.65. The van der Waals surface area contributed by atoms with Crippen molar-refractivity contribution in [2.24, 2.45) is 7.05 Å². The second kappa shape index (κ2) is 9.10. The van der Waals surface area contributed by atoms with Gasteiger partial charge < -0.3 is 14.6 Å².